The molecule has 1 aromatic carbocycles. The Bertz CT molecular complexity index is 412. The van der Waals surface area contributed by atoms with Gasteiger partial charge in [0.15, 0.2) is 6.10 Å². The number of rotatable bonds is 5. The molecule has 92 valence electrons. The van der Waals surface area contributed by atoms with Crippen molar-refractivity contribution in [2.24, 2.45) is 5.73 Å². The Kier molecular flexibility index (Phi) is 5.46. The minimum absolute atomic E-state index is 0.0637. The van der Waals surface area contributed by atoms with Crippen LogP contribution in [0.25, 0.3) is 0 Å². The number of hydrogen-bond acceptors (Lipinski definition) is 3. The highest BCUT2D eigenvalue weighted by molar-refractivity contribution is 9.10. The number of hydrogen-bond donors (Lipinski definition) is 1. The Morgan fingerprint density at radius 2 is 2.24 bits per heavy atom. The van der Waals surface area contributed by atoms with Crippen molar-refractivity contribution in [1.29, 1.82) is 5.26 Å². The molecule has 0 aliphatic carbocycles. The summed E-state index contributed by atoms with van der Waals surface area (Å²) in [5.74, 6) is 0.749. The zero-order valence-electron chi connectivity index (χ0n) is 10.1. The van der Waals surface area contributed by atoms with Gasteiger partial charge in [0.1, 0.15) is 11.8 Å². The Balaban J connectivity index is 2.94. The lowest BCUT2D eigenvalue weighted by molar-refractivity contribution is 0.249. The van der Waals surface area contributed by atoms with Crippen molar-refractivity contribution in [3.63, 3.8) is 0 Å². The molecule has 4 heteroatoms. The predicted octanol–water partition coefficient (Wildman–Crippen LogP) is 3.02. The monoisotopic (exact) mass is 296 g/mol. The molecule has 0 saturated carbocycles. The molecule has 0 radical (unpaired) electrons. The molecule has 2 unspecified atom stereocenters. The molecule has 0 fully saturated rings. The second-order valence-corrected chi connectivity index (χ2v) is 4.99. The fourth-order valence-corrected chi connectivity index (χ4v) is 1.93. The molecule has 3 nitrogen and oxygen atoms in total. The molecule has 2 N–H and O–H groups in total. The maximum Gasteiger partial charge on any atom is 0.184 e. The van der Waals surface area contributed by atoms with E-state index in [0.717, 1.165) is 22.2 Å². The van der Waals surface area contributed by atoms with Crippen LogP contribution in [-0.2, 0) is 6.42 Å². The highest BCUT2D eigenvalue weighted by Crippen LogP contribution is 2.25. The van der Waals surface area contributed by atoms with Crippen molar-refractivity contribution in [1.82, 2.24) is 0 Å². The molecule has 0 saturated heterocycles. The van der Waals surface area contributed by atoms with Gasteiger partial charge in [-0.3, -0.25) is 0 Å². The molecule has 1 aromatic rings. The van der Waals surface area contributed by atoms with Crippen LogP contribution in [0.3, 0.4) is 0 Å². The van der Waals surface area contributed by atoms with Gasteiger partial charge in [0, 0.05) is 10.5 Å². The van der Waals surface area contributed by atoms with Crippen LogP contribution in [0.1, 0.15) is 25.8 Å². The molecule has 1 rings (SSSR count). The van der Waals surface area contributed by atoms with Gasteiger partial charge < -0.3 is 10.5 Å². The van der Waals surface area contributed by atoms with Crippen molar-refractivity contribution in [3.05, 3.63) is 28.2 Å². The summed E-state index contributed by atoms with van der Waals surface area (Å²) in [6, 6.07) is 7.97. The van der Waals surface area contributed by atoms with E-state index in [1.807, 2.05) is 32.0 Å². The minimum atomic E-state index is -0.400. The molecule has 17 heavy (non-hydrogen) atoms. The minimum Gasteiger partial charge on any atom is -0.475 e. The van der Waals surface area contributed by atoms with Gasteiger partial charge in [0.2, 0.25) is 0 Å². The Hall–Kier alpha value is -1.05. The van der Waals surface area contributed by atoms with Gasteiger partial charge in [-0.2, -0.15) is 5.26 Å². The first-order chi connectivity index (χ1) is 8.06. The van der Waals surface area contributed by atoms with E-state index in [9.17, 15) is 0 Å². The number of nitriles is 1. The number of nitrogens with zero attached hydrogens (tertiary/aromatic N) is 1. The second-order valence-electron chi connectivity index (χ2n) is 4.08. The molecule has 0 aliphatic heterocycles. The van der Waals surface area contributed by atoms with E-state index >= 15 is 0 Å². The van der Waals surface area contributed by atoms with Crippen molar-refractivity contribution in [3.8, 4) is 11.8 Å². The molecule has 0 aromatic heterocycles. The van der Waals surface area contributed by atoms with Crippen molar-refractivity contribution in [2.45, 2.75) is 38.8 Å². The maximum absolute atomic E-state index is 8.91. The molecule has 2 atom stereocenters. The SMILES string of the molecule is CCC(C#N)Oc1ccc(Br)cc1CC(C)N. The van der Waals surface area contributed by atoms with Gasteiger partial charge in [-0.15, -0.1) is 0 Å². The van der Waals surface area contributed by atoms with Gasteiger partial charge >= 0.3 is 0 Å². The van der Waals surface area contributed by atoms with E-state index in [2.05, 4.69) is 22.0 Å². The average molecular weight is 297 g/mol. The average Bonchev–Trinajstić information content (AvgIpc) is 2.27. The standard InChI is InChI=1S/C13H17BrN2O/c1-3-12(8-15)17-13-5-4-11(14)7-10(13)6-9(2)16/h4-5,7,9,12H,3,6,16H2,1-2H3. The Labute approximate surface area is 111 Å². The summed E-state index contributed by atoms with van der Waals surface area (Å²) in [4.78, 5) is 0. The summed E-state index contributed by atoms with van der Waals surface area (Å²) in [5.41, 5.74) is 6.83. The number of nitrogens with two attached hydrogens (primary N) is 1. The summed E-state index contributed by atoms with van der Waals surface area (Å²) >= 11 is 3.43. The van der Waals surface area contributed by atoms with Gasteiger partial charge in [0.05, 0.1) is 0 Å². The van der Waals surface area contributed by atoms with Crippen LogP contribution in [0.4, 0.5) is 0 Å². The number of halogens is 1. The molecule has 0 spiro atoms. The fourth-order valence-electron chi connectivity index (χ4n) is 1.52. The van der Waals surface area contributed by atoms with E-state index in [-0.39, 0.29) is 6.04 Å². The molecule has 0 amide bonds. The zero-order valence-corrected chi connectivity index (χ0v) is 11.7. The summed E-state index contributed by atoms with van der Waals surface area (Å²) in [5, 5.41) is 8.91. The van der Waals surface area contributed by atoms with E-state index in [4.69, 9.17) is 15.7 Å². The van der Waals surface area contributed by atoms with E-state index in [1.165, 1.54) is 0 Å². The predicted molar refractivity (Wildman–Crippen MR) is 71.8 cm³/mol. The molecule has 0 aliphatic rings. The quantitative estimate of drug-likeness (QED) is 0.908. The first kappa shape index (κ1) is 14.0. The highest BCUT2D eigenvalue weighted by Gasteiger charge is 2.11. The first-order valence-electron chi connectivity index (χ1n) is 5.67. The topological polar surface area (TPSA) is 59.0 Å². The highest BCUT2D eigenvalue weighted by atomic mass is 79.9. The lowest BCUT2D eigenvalue weighted by Crippen LogP contribution is -2.19. The van der Waals surface area contributed by atoms with E-state index in [1.54, 1.807) is 0 Å². The molecular formula is C13H17BrN2O. The third-order valence-corrected chi connectivity index (χ3v) is 2.84. The third-order valence-electron chi connectivity index (χ3n) is 2.35. The zero-order chi connectivity index (χ0) is 12.8. The lowest BCUT2D eigenvalue weighted by atomic mass is 10.1. The van der Waals surface area contributed by atoms with Crippen LogP contribution in [0.15, 0.2) is 22.7 Å². The number of ether oxygens (including phenoxy) is 1. The number of benzene rings is 1. The molecule has 0 heterocycles. The maximum atomic E-state index is 8.91. The van der Waals surface area contributed by atoms with Crippen LogP contribution in [0.2, 0.25) is 0 Å². The van der Waals surface area contributed by atoms with E-state index < -0.39 is 6.10 Å². The van der Waals surface area contributed by atoms with Crippen LogP contribution in [0, 0.1) is 11.3 Å². The van der Waals surface area contributed by atoms with E-state index in [0.29, 0.717) is 6.42 Å². The van der Waals surface area contributed by atoms with Gasteiger partial charge in [-0.1, -0.05) is 22.9 Å². The van der Waals surface area contributed by atoms with Crippen LogP contribution in [-0.4, -0.2) is 12.1 Å². The summed E-state index contributed by atoms with van der Waals surface area (Å²) in [7, 11) is 0. The fraction of sp³-hybridized carbons (Fsp3) is 0.462. The molecule has 0 bridgehead atoms. The smallest absolute Gasteiger partial charge is 0.184 e. The van der Waals surface area contributed by atoms with Crippen LogP contribution >= 0.6 is 15.9 Å². The van der Waals surface area contributed by atoms with Gasteiger partial charge in [-0.25, -0.2) is 0 Å². The van der Waals surface area contributed by atoms with Crippen molar-refractivity contribution >= 4 is 15.9 Å². The van der Waals surface area contributed by atoms with Gasteiger partial charge in [0.25, 0.3) is 0 Å². The summed E-state index contributed by atoms with van der Waals surface area (Å²) < 4.78 is 6.65. The van der Waals surface area contributed by atoms with Crippen molar-refractivity contribution in [2.75, 3.05) is 0 Å². The summed E-state index contributed by atoms with van der Waals surface area (Å²) in [6.07, 6.45) is 1.00. The third kappa shape index (κ3) is 4.37. The Morgan fingerprint density at radius 1 is 1.53 bits per heavy atom. The normalized spacial score (nSPS) is 13.8. The Morgan fingerprint density at radius 3 is 2.76 bits per heavy atom. The summed E-state index contributed by atoms with van der Waals surface area (Å²) in [6.45, 7) is 3.88. The first-order valence-corrected chi connectivity index (χ1v) is 6.46. The molecular weight excluding hydrogens is 280 g/mol. The largest absolute Gasteiger partial charge is 0.475 e. The second kappa shape index (κ2) is 6.63. The lowest BCUT2D eigenvalue weighted by Gasteiger charge is -2.16. The van der Waals surface area contributed by atoms with Crippen LogP contribution in [0.5, 0.6) is 5.75 Å². The van der Waals surface area contributed by atoms with Gasteiger partial charge in [-0.05, 0) is 43.5 Å². The van der Waals surface area contributed by atoms with Crippen molar-refractivity contribution < 1.29 is 4.74 Å². The van der Waals surface area contributed by atoms with Crippen LogP contribution < -0.4 is 10.5 Å².